The largest absolute Gasteiger partial charge is 0.508 e. The molecule has 38 heavy (non-hydrogen) atoms. The summed E-state index contributed by atoms with van der Waals surface area (Å²) in [7, 11) is 1.38. The van der Waals surface area contributed by atoms with E-state index in [1.54, 1.807) is 6.08 Å². The lowest BCUT2D eigenvalue weighted by atomic mass is 9.56. The summed E-state index contributed by atoms with van der Waals surface area (Å²) in [6, 6.07) is 9.08. The molecule has 4 amide bonds. The van der Waals surface area contributed by atoms with Crippen molar-refractivity contribution in [1.29, 1.82) is 0 Å². The van der Waals surface area contributed by atoms with Crippen LogP contribution in [0.5, 0.6) is 11.5 Å². The Hall–Kier alpha value is -3.43. The van der Waals surface area contributed by atoms with Gasteiger partial charge in [0.15, 0.2) is 9.75 Å². The number of rotatable bonds is 3. The lowest BCUT2D eigenvalue weighted by molar-refractivity contribution is -0.127. The van der Waals surface area contributed by atoms with Gasteiger partial charge in [-0.05, 0) is 49.1 Å². The van der Waals surface area contributed by atoms with Crippen molar-refractivity contribution in [2.75, 3.05) is 12.0 Å². The summed E-state index contributed by atoms with van der Waals surface area (Å²) >= 11 is 14.4. The van der Waals surface area contributed by atoms with Crippen molar-refractivity contribution in [3.8, 4) is 11.5 Å². The van der Waals surface area contributed by atoms with E-state index in [4.69, 9.17) is 27.9 Å². The number of imide groups is 2. The number of alkyl halides is 2. The fourth-order valence-electron chi connectivity index (χ4n) is 6.59. The Morgan fingerprint density at radius 1 is 1.03 bits per heavy atom. The predicted molar refractivity (Wildman–Crippen MR) is 134 cm³/mol. The fraction of sp³-hybridized carbons (Fsp3) is 0.333. The van der Waals surface area contributed by atoms with Gasteiger partial charge in [-0.3, -0.25) is 24.5 Å². The van der Waals surface area contributed by atoms with Crippen LogP contribution in [0.15, 0.2) is 54.1 Å². The number of benzene rings is 2. The van der Waals surface area contributed by atoms with Gasteiger partial charge in [-0.1, -0.05) is 17.7 Å². The minimum atomic E-state index is -2.07. The van der Waals surface area contributed by atoms with E-state index in [2.05, 4.69) is 5.32 Å². The maximum absolute atomic E-state index is 14.2. The van der Waals surface area contributed by atoms with E-state index in [0.717, 1.165) is 17.0 Å². The summed E-state index contributed by atoms with van der Waals surface area (Å²) in [4.78, 5) is 50.4. The predicted octanol–water partition coefficient (Wildman–Crippen LogP) is 3.39. The molecule has 0 spiro atoms. The molecule has 0 aromatic heterocycles. The first-order valence-corrected chi connectivity index (χ1v) is 12.7. The number of allylic oxidation sites excluding steroid dienone is 2. The Morgan fingerprint density at radius 3 is 2.42 bits per heavy atom. The molecule has 0 radical (unpaired) electrons. The van der Waals surface area contributed by atoms with E-state index in [9.17, 15) is 28.7 Å². The topological polar surface area (TPSA) is 113 Å². The van der Waals surface area contributed by atoms with Crippen LogP contribution in [0.4, 0.5) is 10.1 Å². The number of amides is 4. The number of phenols is 1. The van der Waals surface area contributed by atoms with E-state index >= 15 is 0 Å². The van der Waals surface area contributed by atoms with Crippen LogP contribution in [0.25, 0.3) is 0 Å². The number of methoxy groups -OCH3 is 1. The lowest BCUT2D eigenvalue weighted by Crippen LogP contribution is -2.60. The second-order valence-electron chi connectivity index (χ2n) is 10.0. The number of phenolic OH excluding ortho intramolecular Hbond substituents is 1. The molecule has 1 saturated carbocycles. The van der Waals surface area contributed by atoms with Crippen LogP contribution in [-0.4, -0.2) is 45.6 Å². The molecule has 6 atom stereocenters. The molecule has 2 aromatic carbocycles. The van der Waals surface area contributed by atoms with Crippen molar-refractivity contribution in [2.45, 2.75) is 28.5 Å². The molecule has 11 heteroatoms. The summed E-state index contributed by atoms with van der Waals surface area (Å²) < 4.78 is 19.2. The van der Waals surface area contributed by atoms with Crippen molar-refractivity contribution >= 4 is 52.5 Å². The molecule has 2 aromatic rings. The molecule has 6 unspecified atom stereocenters. The SMILES string of the molecule is COc1cc(O)ccc1C1C2=CCC3C(=O)NC(=O)C3C2CC2(Cl)C(=O)N(c3ccc(F)cc3)C(=O)C12Cl. The zero-order valence-electron chi connectivity index (χ0n) is 19.9. The first-order valence-electron chi connectivity index (χ1n) is 12.0. The van der Waals surface area contributed by atoms with Gasteiger partial charge in [0.1, 0.15) is 17.3 Å². The molecule has 0 bridgehead atoms. The highest BCUT2D eigenvalue weighted by atomic mass is 35.5. The number of anilines is 1. The van der Waals surface area contributed by atoms with Gasteiger partial charge in [0.2, 0.25) is 11.8 Å². The van der Waals surface area contributed by atoms with Crippen LogP contribution in [0.2, 0.25) is 0 Å². The highest BCUT2D eigenvalue weighted by Crippen LogP contribution is 2.66. The molecule has 4 aliphatic rings. The van der Waals surface area contributed by atoms with Crippen LogP contribution in [0, 0.1) is 23.6 Å². The van der Waals surface area contributed by atoms with Gasteiger partial charge in [0.05, 0.1) is 24.6 Å². The number of halogens is 3. The summed E-state index contributed by atoms with van der Waals surface area (Å²) in [5.74, 6) is -6.11. The number of ether oxygens (including phenoxy) is 1. The van der Waals surface area contributed by atoms with Gasteiger partial charge >= 0.3 is 0 Å². The molecule has 2 aliphatic heterocycles. The van der Waals surface area contributed by atoms with Crippen LogP contribution < -0.4 is 15.0 Å². The van der Waals surface area contributed by atoms with Crippen molar-refractivity contribution in [1.82, 2.24) is 5.32 Å². The molecule has 2 aliphatic carbocycles. The Bertz CT molecular complexity index is 1460. The number of carbonyl (C=O) groups is 4. The second kappa shape index (κ2) is 8.28. The second-order valence-corrected chi connectivity index (χ2v) is 11.3. The quantitative estimate of drug-likeness (QED) is 0.339. The third kappa shape index (κ3) is 3.09. The van der Waals surface area contributed by atoms with Crippen molar-refractivity contribution < 1.29 is 33.4 Å². The van der Waals surface area contributed by atoms with E-state index in [0.29, 0.717) is 11.1 Å². The van der Waals surface area contributed by atoms with Gasteiger partial charge in [-0.15, -0.1) is 23.2 Å². The maximum atomic E-state index is 14.2. The molecule has 3 fully saturated rings. The van der Waals surface area contributed by atoms with Crippen LogP contribution >= 0.6 is 23.2 Å². The standard InChI is InChI=1S/C27H21Cl2FN2O6/c1-38-19-10-14(33)6-7-16(19)21-15-8-9-17-20(23(35)31-22(17)34)18(15)11-26(28)24(36)32(25(37)27(21,26)29)13-4-2-12(30)3-5-13/h2-8,10,17-18,20-21,33H,9,11H2,1H3,(H,31,34,35). The molecule has 2 heterocycles. The molecular weight excluding hydrogens is 538 g/mol. The van der Waals surface area contributed by atoms with Gasteiger partial charge in [0, 0.05) is 17.5 Å². The first-order chi connectivity index (χ1) is 18.0. The molecule has 8 nitrogen and oxygen atoms in total. The van der Waals surface area contributed by atoms with Crippen LogP contribution in [0.1, 0.15) is 24.3 Å². The average molecular weight is 559 g/mol. The number of fused-ring (bicyclic) bond motifs is 4. The van der Waals surface area contributed by atoms with Gasteiger partial charge in [-0.2, -0.15) is 0 Å². The summed E-state index contributed by atoms with van der Waals surface area (Å²) in [5.41, 5.74) is 1.07. The normalized spacial score (nSPS) is 33.9. The average Bonchev–Trinajstić information content (AvgIpc) is 3.26. The number of nitrogens with zero attached hydrogens (tertiary/aromatic N) is 1. The highest BCUT2D eigenvalue weighted by Gasteiger charge is 2.76. The highest BCUT2D eigenvalue weighted by molar-refractivity contribution is 6.58. The third-order valence-corrected chi connectivity index (χ3v) is 9.68. The Kier molecular flexibility index (Phi) is 5.42. The van der Waals surface area contributed by atoms with Crippen molar-refractivity contribution in [2.24, 2.45) is 17.8 Å². The monoisotopic (exact) mass is 558 g/mol. The van der Waals surface area contributed by atoms with Crippen molar-refractivity contribution in [3.63, 3.8) is 0 Å². The lowest BCUT2D eigenvalue weighted by Gasteiger charge is -2.50. The molecule has 196 valence electrons. The Morgan fingerprint density at radius 2 is 1.74 bits per heavy atom. The molecular formula is C27H21Cl2FN2O6. The Balaban J connectivity index is 1.60. The number of nitrogens with one attached hydrogen (secondary N) is 1. The zero-order valence-corrected chi connectivity index (χ0v) is 21.4. The van der Waals surface area contributed by atoms with E-state index in [1.165, 1.54) is 37.4 Å². The van der Waals surface area contributed by atoms with Gasteiger partial charge in [0.25, 0.3) is 11.8 Å². The fourth-order valence-corrected chi connectivity index (χ4v) is 7.52. The van der Waals surface area contributed by atoms with Crippen molar-refractivity contribution in [3.05, 3.63) is 65.5 Å². The minimum absolute atomic E-state index is 0.0934. The van der Waals surface area contributed by atoms with Crippen LogP contribution in [0.3, 0.4) is 0 Å². The van der Waals surface area contributed by atoms with E-state index in [1.807, 2.05) is 0 Å². The molecule has 6 rings (SSSR count). The third-order valence-electron chi connectivity index (χ3n) is 8.27. The van der Waals surface area contributed by atoms with Gasteiger partial charge < -0.3 is 9.84 Å². The maximum Gasteiger partial charge on any atom is 0.258 e. The Labute approximate surface area is 226 Å². The van der Waals surface area contributed by atoms with Gasteiger partial charge in [-0.25, -0.2) is 9.29 Å². The summed E-state index contributed by atoms with van der Waals surface area (Å²) in [6.07, 6.45) is 1.85. The molecule has 2 saturated heterocycles. The first kappa shape index (κ1) is 24.9. The number of hydrogen-bond acceptors (Lipinski definition) is 6. The summed E-state index contributed by atoms with van der Waals surface area (Å²) in [6.45, 7) is 0. The number of carbonyl (C=O) groups excluding carboxylic acids is 4. The zero-order chi connectivity index (χ0) is 27.1. The molecule has 2 N–H and O–H groups in total. The van der Waals surface area contributed by atoms with E-state index in [-0.39, 0.29) is 30.0 Å². The smallest absolute Gasteiger partial charge is 0.258 e. The number of aromatic hydroxyl groups is 1. The summed E-state index contributed by atoms with van der Waals surface area (Å²) in [5, 5.41) is 12.5. The number of hydrogen-bond donors (Lipinski definition) is 2. The minimum Gasteiger partial charge on any atom is -0.508 e. The van der Waals surface area contributed by atoms with Crippen LogP contribution in [-0.2, 0) is 19.2 Å². The van der Waals surface area contributed by atoms with E-state index < -0.39 is 62.9 Å².